The molecule has 180 valence electrons. The van der Waals surface area contributed by atoms with Crippen molar-refractivity contribution in [1.82, 2.24) is 10.6 Å². The predicted octanol–water partition coefficient (Wildman–Crippen LogP) is 3.30. The maximum absolute atomic E-state index is 12.7. The second-order valence-electron chi connectivity index (χ2n) is 8.77. The van der Waals surface area contributed by atoms with Crippen LogP contribution in [0.3, 0.4) is 0 Å². The maximum atomic E-state index is 12.7. The molecule has 0 aromatic heterocycles. The Kier molecular flexibility index (Phi) is 7.47. The monoisotopic (exact) mass is 466 g/mol. The van der Waals surface area contributed by atoms with E-state index in [-0.39, 0.29) is 36.8 Å². The number of hydrogen-bond acceptors (Lipinski definition) is 5. The number of nitrogens with one attached hydrogen (secondary N) is 2. The van der Waals surface area contributed by atoms with Crippen LogP contribution >= 0.6 is 0 Å². The summed E-state index contributed by atoms with van der Waals surface area (Å²) in [4.78, 5) is 36.3. The predicted molar refractivity (Wildman–Crippen MR) is 125 cm³/mol. The fourth-order valence-corrected chi connectivity index (χ4v) is 4.81. The number of carboxylic acids is 1. The second kappa shape index (κ2) is 10.7. The summed E-state index contributed by atoms with van der Waals surface area (Å²) in [5.74, 6) is -1.73. The summed E-state index contributed by atoms with van der Waals surface area (Å²) < 4.78 is 11.1. The molecule has 1 saturated heterocycles. The Labute approximate surface area is 198 Å². The molecule has 34 heavy (non-hydrogen) atoms. The zero-order valence-corrected chi connectivity index (χ0v) is 19.2. The van der Waals surface area contributed by atoms with Crippen LogP contribution in [0.5, 0.6) is 0 Å². The maximum Gasteiger partial charge on any atom is 0.407 e. The average Bonchev–Trinajstić information content (AvgIpc) is 3.16. The Morgan fingerprint density at radius 3 is 2.35 bits per heavy atom. The van der Waals surface area contributed by atoms with E-state index in [1.54, 1.807) is 6.92 Å². The Hall–Kier alpha value is -3.39. The molecule has 3 N–H and O–H groups in total. The first-order valence-corrected chi connectivity index (χ1v) is 11.7. The summed E-state index contributed by atoms with van der Waals surface area (Å²) in [6.07, 6.45) is 0.385. The van der Waals surface area contributed by atoms with Gasteiger partial charge in [-0.2, -0.15) is 0 Å². The number of carbonyl (C=O) groups is 3. The van der Waals surface area contributed by atoms with Crippen LogP contribution in [0.15, 0.2) is 48.5 Å². The zero-order valence-electron chi connectivity index (χ0n) is 19.2. The van der Waals surface area contributed by atoms with E-state index < -0.39 is 18.1 Å². The Balaban J connectivity index is 1.35. The van der Waals surface area contributed by atoms with Gasteiger partial charge in [-0.1, -0.05) is 55.5 Å². The standard InChI is InChI=1S/C26H30N2O6/c1-2-22(25(30)31)27-24(29)13-16-14-33-12-11-23(16)28-26(32)34-15-21-19-9-5-3-7-17(19)18-8-4-6-10-20(18)21/h3-10,16,21-23H,2,11-15H2,1H3,(H,27,29)(H,28,32)(H,30,31). The number of carbonyl (C=O) groups excluding carboxylic acids is 2. The van der Waals surface area contributed by atoms with Crippen LogP contribution in [-0.4, -0.2) is 55.0 Å². The van der Waals surface area contributed by atoms with Gasteiger partial charge in [-0.25, -0.2) is 9.59 Å². The Bertz CT molecular complexity index is 1010. The quantitative estimate of drug-likeness (QED) is 0.550. The van der Waals surface area contributed by atoms with Crippen molar-refractivity contribution in [3.8, 4) is 11.1 Å². The number of benzene rings is 2. The van der Waals surface area contributed by atoms with Gasteiger partial charge in [0, 0.05) is 30.9 Å². The highest BCUT2D eigenvalue weighted by atomic mass is 16.5. The largest absolute Gasteiger partial charge is 0.480 e. The van der Waals surface area contributed by atoms with Gasteiger partial charge in [-0.05, 0) is 35.1 Å². The van der Waals surface area contributed by atoms with E-state index in [1.165, 1.54) is 0 Å². The highest BCUT2D eigenvalue weighted by Crippen LogP contribution is 2.44. The highest BCUT2D eigenvalue weighted by Gasteiger charge is 2.32. The molecule has 3 unspecified atom stereocenters. The first-order chi connectivity index (χ1) is 16.5. The molecule has 1 aliphatic heterocycles. The van der Waals surface area contributed by atoms with Crippen LogP contribution in [0.1, 0.15) is 43.2 Å². The number of fused-ring (bicyclic) bond motifs is 3. The lowest BCUT2D eigenvalue weighted by atomic mass is 9.92. The zero-order chi connectivity index (χ0) is 24.1. The molecule has 3 atom stereocenters. The molecule has 2 aromatic carbocycles. The number of rotatable bonds is 8. The van der Waals surface area contributed by atoms with E-state index >= 15 is 0 Å². The Morgan fingerprint density at radius 2 is 1.74 bits per heavy atom. The van der Waals surface area contributed by atoms with E-state index in [4.69, 9.17) is 14.6 Å². The minimum absolute atomic E-state index is 0.0311. The number of alkyl carbamates (subject to hydrolysis) is 1. The molecule has 2 aromatic rings. The lowest BCUT2D eigenvalue weighted by molar-refractivity contribution is -0.142. The molecule has 0 saturated carbocycles. The molecule has 1 aliphatic carbocycles. The molecular formula is C26H30N2O6. The van der Waals surface area contributed by atoms with Crippen molar-refractivity contribution in [3.05, 3.63) is 59.7 Å². The van der Waals surface area contributed by atoms with Crippen molar-refractivity contribution in [2.45, 2.75) is 44.2 Å². The molecule has 0 radical (unpaired) electrons. The van der Waals surface area contributed by atoms with Crippen molar-refractivity contribution >= 4 is 18.0 Å². The van der Waals surface area contributed by atoms with Crippen LogP contribution in [0.2, 0.25) is 0 Å². The van der Waals surface area contributed by atoms with Gasteiger partial charge >= 0.3 is 12.1 Å². The molecule has 1 heterocycles. The second-order valence-corrected chi connectivity index (χ2v) is 8.77. The lowest BCUT2D eigenvalue weighted by Gasteiger charge is -2.32. The topological polar surface area (TPSA) is 114 Å². The summed E-state index contributed by atoms with van der Waals surface area (Å²) in [6, 6.07) is 15.1. The molecule has 2 aliphatic rings. The number of ether oxygens (including phenoxy) is 2. The van der Waals surface area contributed by atoms with Crippen LogP contribution in [0.4, 0.5) is 4.79 Å². The lowest BCUT2D eigenvalue weighted by Crippen LogP contribution is -2.48. The number of amides is 2. The van der Waals surface area contributed by atoms with Crippen LogP contribution in [0.25, 0.3) is 11.1 Å². The van der Waals surface area contributed by atoms with Crippen molar-refractivity contribution in [2.75, 3.05) is 19.8 Å². The molecule has 4 rings (SSSR count). The molecular weight excluding hydrogens is 436 g/mol. The molecule has 8 heteroatoms. The summed E-state index contributed by atoms with van der Waals surface area (Å²) in [5, 5.41) is 14.6. The van der Waals surface area contributed by atoms with Gasteiger partial charge in [0.25, 0.3) is 0 Å². The molecule has 1 fully saturated rings. The van der Waals surface area contributed by atoms with E-state index in [1.807, 2.05) is 24.3 Å². The fraction of sp³-hybridized carbons (Fsp3) is 0.423. The van der Waals surface area contributed by atoms with E-state index in [2.05, 4.69) is 34.9 Å². The van der Waals surface area contributed by atoms with E-state index in [0.29, 0.717) is 26.1 Å². The third-order valence-corrected chi connectivity index (χ3v) is 6.61. The van der Waals surface area contributed by atoms with Gasteiger partial charge in [0.15, 0.2) is 0 Å². The molecule has 8 nitrogen and oxygen atoms in total. The molecule has 0 spiro atoms. The van der Waals surface area contributed by atoms with Crippen molar-refractivity contribution in [2.24, 2.45) is 5.92 Å². The third-order valence-electron chi connectivity index (χ3n) is 6.61. The fourth-order valence-electron chi connectivity index (χ4n) is 4.81. The van der Waals surface area contributed by atoms with Crippen molar-refractivity contribution in [1.29, 1.82) is 0 Å². The van der Waals surface area contributed by atoms with Crippen LogP contribution < -0.4 is 10.6 Å². The first-order valence-electron chi connectivity index (χ1n) is 11.7. The van der Waals surface area contributed by atoms with Gasteiger partial charge in [0.1, 0.15) is 12.6 Å². The molecule has 0 bridgehead atoms. The van der Waals surface area contributed by atoms with Gasteiger partial charge < -0.3 is 25.2 Å². The number of aliphatic carboxylic acids is 1. The minimum atomic E-state index is -1.07. The van der Waals surface area contributed by atoms with Gasteiger partial charge in [0.05, 0.1) is 6.61 Å². The van der Waals surface area contributed by atoms with Gasteiger partial charge in [0.2, 0.25) is 5.91 Å². The highest BCUT2D eigenvalue weighted by molar-refractivity contribution is 5.83. The number of hydrogen-bond donors (Lipinski definition) is 3. The van der Waals surface area contributed by atoms with E-state index in [9.17, 15) is 14.4 Å². The summed E-state index contributed by atoms with van der Waals surface area (Å²) >= 11 is 0. The van der Waals surface area contributed by atoms with Gasteiger partial charge in [-0.15, -0.1) is 0 Å². The molecule has 2 amide bonds. The smallest absolute Gasteiger partial charge is 0.407 e. The third kappa shape index (κ3) is 5.22. The normalized spacial score (nSPS) is 20.0. The number of carboxylic acid groups (broad SMARTS) is 1. The summed E-state index contributed by atoms with van der Waals surface area (Å²) in [6.45, 7) is 2.69. The summed E-state index contributed by atoms with van der Waals surface area (Å²) in [7, 11) is 0. The van der Waals surface area contributed by atoms with Gasteiger partial charge in [-0.3, -0.25) is 4.79 Å². The van der Waals surface area contributed by atoms with Crippen LogP contribution in [0, 0.1) is 5.92 Å². The average molecular weight is 467 g/mol. The van der Waals surface area contributed by atoms with Crippen molar-refractivity contribution in [3.63, 3.8) is 0 Å². The van der Waals surface area contributed by atoms with Crippen LogP contribution in [-0.2, 0) is 19.1 Å². The first kappa shape index (κ1) is 23.8. The minimum Gasteiger partial charge on any atom is -0.480 e. The van der Waals surface area contributed by atoms with Crippen molar-refractivity contribution < 1.29 is 29.0 Å². The SMILES string of the molecule is CCC(NC(=O)CC1COCCC1NC(=O)OCC1c2ccccc2-c2ccccc21)C(=O)O. The summed E-state index contributed by atoms with van der Waals surface area (Å²) in [5.41, 5.74) is 4.60. The van der Waals surface area contributed by atoms with E-state index in [0.717, 1.165) is 22.3 Å². The Morgan fingerprint density at radius 1 is 1.09 bits per heavy atom.